The molecular weight excluding hydrogens is 396 g/mol. The van der Waals surface area contributed by atoms with Gasteiger partial charge >= 0.3 is 5.97 Å². The van der Waals surface area contributed by atoms with E-state index in [4.69, 9.17) is 17.3 Å². The summed E-state index contributed by atoms with van der Waals surface area (Å²) in [5, 5.41) is 11.6. The maximum absolute atomic E-state index is 13.1. The molecule has 3 rings (SSSR count). The highest BCUT2D eigenvalue weighted by atomic mass is 35.5. The lowest BCUT2D eigenvalue weighted by Gasteiger charge is -2.18. The third-order valence-corrected chi connectivity index (χ3v) is 5.50. The normalized spacial score (nSPS) is 11.6. The Kier molecular flexibility index (Phi) is 6.23. The van der Waals surface area contributed by atoms with Crippen LogP contribution in [0.5, 0.6) is 0 Å². The average Bonchev–Trinajstić information content (AvgIpc) is 2.68. The number of benzene rings is 3. The number of aromatic carboxylic acids is 1. The fourth-order valence-electron chi connectivity index (χ4n) is 2.58. The second kappa shape index (κ2) is 8.82. The SMILES string of the molecule is Nc1cccc(SC(C(=O)Nc2cc(C(=O)O)ccc2Cl)c2ccccc2)c1. The highest BCUT2D eigenvalue weighted by molar-refractivity contribution is 8.00. The van der Waals surface area contributed by atoms with Crippen molar-refractivity contribution in [3.63, 3.8) is 0 Å². The molecule has 142 valence electrons. The molecule has 0 bridgehead atoms. The van der Waals surface area contributed by atoms with Crippen molar-refractivity contribution >= 4 is 46.6 Å². The van der Waals surface area contributed by atoms with Gasteiger partial charge in [-0.15, -0.1) is 11.8 Å². The number of carboxylic acids is 1. The van der Waals surface area contributed by atoms with Gasteiger partial charge in [-0.2, -0.15) is 0 Å². The van der Waals surface area contributed by atoms with Gasteiger partial charge in [0.25, 0.3) is 0 Å². The van der Waals surface area contributed by atoms with Gasteiger partial charge in [0, 0.05) is 10.6 Å². The molecule has 5 nitrogen and oxygen atoms in total. The van der Waals surface area contributed by atoms with Crippen molar-refractivity contribution in [1.29, 1.82) is 0 Å². The first-order chi connectivity index (χ1) is 13.4. The Morgan fingerprint density at radius 3 is 2.43 bits per heavy atom. The molecule has 1 amide bonds. The molecule has 0 fully saturated rings. The summed E-state index contributed by atoms with van der Waals surface area (Å²) in [6, 6.07) is 20.8. The molecule has 0 spiro atoms. The van der Waals surface area contributed by atoms with Crippen molar-refractivity contribution in [2.45, 2.75) is 10.1 Å². The lowest BCUT2D eigenvalue weighted by Crippen LogP contribution is -2.19. The molecule has 1 atom stereocenters. The first-order valence-corrected chi connectivity index (χ1v) is 9.60. The van der Waals surface area contributed by atoms with Gasteiger partial charge in [0.15, 0.2) is 0 Å². The zero-order chi connectivity index (χ0) is 20.1. The Morgan fingerprint density at radius 1 is 1.00 bits per heavy atom. The molecule has 3 aromatic rings. The number of anilines is 2. The van der Waals surface area contributed by atoms with E-state index in [1.165, 1.54) is 30.0 Å². The quantitative estimate of drug-likeness (QED) is 0.387. The van der Waals surface area contributed by atoms with Gasteiger partial charge in [-0.05, 0) is 42.0 Å². The predicted octanol–water partition coefficient (Wildman–Crippen LogP) is 5.09. The minimum Gasteiger partial charge on any atom is -0.478 e. The minimum atomic E-state index is -1.10. The maximum atomic E-state index is 13.1. The van der Waals surface area contributed by atoms with Crippen LogP contribution in [0.4, 0.5) is 11.4 Å². The van der Waals surface area contributed by atoms with Crippen molar-refractivity contribution in [3.8, 4) is 0 Å². The minimum absolute atomic E-state index is 0.0412. The number of hydrogen-bond donors (Lipinski definition) is 3. The van der Waals surface area contributed by atoms with E-state index in [1.54, 1.807) is 12.1 Å². The van der Waals surface area contributed by atoms with Crippen LogP contribution >= 0.6 is 23.4 Å². The summed E-state index contributed by atoms with van der Waals surface area (Å²) >= 11 is 7.49. The summed E-state index contributed by atoms with van der Waals surface area (Å²) in [6.07, 6.45) is 0. The summed E-state index contributed by atoms with van der Waals surface area (Å²) in [5.41, 5.74) is 7.55. The van der Waals surface area contributed by atoms with Crippen molar-refractivity contribution in [3.05, 3.63) is 88.9 Å². The van der Waals surface area contributed by atoms with Crippen LogP contribution in [0.15, 0.2) is 77.7 Å². The lowest BCUT2D eigenvalue weighted by molar-refractivity contribution is -0.115. The number of amides is 1. The van der Waals surface area contributed by atoms with Crippen molar-refractivity contribution in [2.24, 2.45) is 0 Å². The van der Waals surface area contributed by atoms with Crippen LogP contribution in [0.25, 0.3) is 0 Å². The number of nitrogens with one attached hydrogen (secondary N) is 1. The van der Waals surface area contributed by atoms with Gasteiger partial charge in [-0.25, -0.2) is 4.79 Å². The Balaban J connectivity index is 1.91. The van der Waals surface area contributed by atoms with E-state index < -0.39 is 11.2 Å². The van der Waals surface area contributed by atoms with E-state index in [9.17, 15) is 14.7 Å². The van der Waals surface area contributed by atoms with Gasteiger partial charge in [0.1, 0.15) is 5.25 Å². The Morgan fingerprint density at radius 2 is 1.75 bits per heavy atom. The summed E-state index contributed by atoms with van der Waals surface area (Å²) in [7, 11) is 0. The van der Waals surface area contributed by atoms with Crippen LogP contribution in [0.3, 0.4) is 0 Å². The summed E-state index contributed by atoms with van der Waals surface area (Å²) in [6.45, 7) is 0. The highest BCUT2D eigenvalue weighted by Crippen LogP contribution is 2.37. The smallest absolute Gasteiger partial charge is 0.335 e. The molecular formula is C21H17ClN2O3S. The van der Waals surface area contributed by atoms with E-state index in [0.29, 0.717) is 5.69 Å². The number of halogens is 1. The van der Waals surface area contributed by atoms with Crippen LogP contribution in [-0.4, -0.2) is 17.0 Å². The highest BCUT2D eigenvalue weighted by Gasteiger charge is 2.23. The molecule has 0 aliphatic rings. The van der Waals surface area contributed by atoms with Gasteiger partial charge < -0.3 is 16.2 Å². The average molecular weight is 413 g/mol. The third-order valence-electron chi connectivity index (χ3n) is 3.92. The van der Waals surface area contributed by atoms with E-state index in [0.717, 1.165) is 10.5 Å². The molecule has 4 N–H and O–H groups in total. The molecule has 0 aromatic heterocycles. The van der Waals surface area contributed by atoms with E-state index in [2.05, 4.69) is 5.32 Å². The molecule has 0 radical (unpaired) electrons. The Hall–Kier alpha value is -2.96. The zero-order valence-corrected chi connectivity index (χ0v) is 16.2. The number of carbonyl (C=O) groups is 2. The molecule has 0 heterocycles. The largest absolute Gasteiger partial charge is 0.478 e. The Bertz CT molecular complexity index is 1010. The fraction of sp³-hybridized carbons (Fsp3) is 0.0476. The van der Waals surface area contributed by atoms with Gasteiger partial charge in [-0.1, -0.05) is 48.0 Å². The summed E-state index contributed by atoms with van der Waals surface area (Å²) in [4.78, 5) is 25.1. The van der Waals surface area contributed by atoms with E-state index >= 15 is 0 Å². The molecule has 0 aliphatic carbocycles. The molecule has 28 heavy (non-hydrogen) atoms. The predicted molar refractivity (Wildman–Crippen MR) is 113 cm³/mol. The summed E-state index contributed by atoms with van der Waals surface area (Å²) < 4.78 is 0. The Labute approximate surface area is 171 Å². The number of thioether (sulfide) groups is 1. The third kappa shape index (κ3) is 4.85. The molecule has 7 heteroatoms. The zero-order valence-electron chi connectivity index (χ0n) is 14.6. The van der Waals surface area contributed by atoms with E-state index in [1.807, 2.05) is 42.5 Å². The standard InChI is InChI=1S/C21H17ClN2O3S/c22-17-10-9-14(21(26)27)11-18(17)24-20(25)19(13-5-2-1-3-6-13)28-16-8-4-7-15(23)12-16/h1-12,19H,23H2,(H,24,25)(H,26,27). The van der Waals surface area contributed by atoms with Gasteiger partial charge in [0.05, 0.1) is 16.3 Å². The van der Waals surface area contributed by atoms with Crippen LogP contribution in [0, 0.1) is 0 Å². The van der Waals surface area contributed by atoms with Gasteiger partial charge in [-0.3, -0.25) is 4.79 Å². The second-order valence-electron chi connectivity index (χ2n) is 5.97. The van der Waals surface area contributed by atoms with Crippen LogP contribution in [0.1, 0.15) is 21.2 Å². The first kappa shape index (κ1) is 19.8. The summed E-state index contributed by atoms with van der Waals surface area (Å²) in [5.74, 6) is -1.41. The molecule has 3 aromatic carbocycles. The van der Waals surface area contributed by atoms with Gasteiger partial charge in [0.2, 0.25) is 5.91 Å². The van der Waals surface area contributed by atoms with Crippen LogP contribution in [0.2, 0.25) is 5.02 Å². The number of carboxylic acid groups (broad SMARTS) is 1. The fourth-order valence-corrected chi connectivity index (χ4v) is 3.83. The molecule has 0 saturated carbocycles. The van der Waals surface area contributed by atoms with Crippen molar-refractivity contribution in [2.75, 3.05) is 11.1 Å². The monoisotopic (exact) mass is 412 g/mol. The second-order valence-corrected chi connectivity index (χ2v) is 7.56. The number of rotatable bonds is 6. The van der Waals surface area contributed by atoms with Crippen LogP contribution in [-0.2, 0) is 4.79 Å². The van der Waals surface area contributed by atoms with Crippen molar-refractivity contribution < 1.29 is 14.7 Å². The number of nitrogens with two attached hydrogens (primary N) is 1. The number of hydrogen-bond acceptors (Lipinski definition) is 4. The van der Waals surface area contributed by atoms with Crippen molar-refractivity contribution in [1.82, 2.24) is 0 Å². The first-order valence-electron chi connectivity index (χ1n) is 8.35. The molecule has 0 saturated heterocycles. The number of nitrogen functional groups attached to an aromatic ring is 1. The van der Waals surface area contributed by atoms with Crippen LogP contribution < -0.4 is 11.1 Å². The molecule has 0 aliphatic heterocycles. The van der Waals surface area contributed by atoms with E-state index in [-0.39, 0.29) is 22.2 Å². The topological polar surface area (TPSA) is 92.4 Å². The maximum Gasteiger partial charge on any atom is 0.335 e. The number of carbonyl (C=O) groups excluding carboxylic acids is 1. The lowest BCUT2D eigenvalue weighted by atomic mass is 10.1. The molecule has 1 unspecified atom stereocenters.